The first-order valence-corrected chi connectivity index (χ1v) is 8.00. The molecule has 0 atom stereocenters. The smallest absolute Gasteiger partial charge is 0.138 e. The van der Waals surface area contributed by atoms with Gasteiger partial charge in [-0.3, -0.25) is 0 Å². The summed E-state index contributed by atoms with van der Waals surface area (Å²) < 4.78 is 0.862. The third-order valence-electron chi connectivity index (χ3n) is 2.94. The molecule has 6 heteroatoms. The Labute approximate surface area is 143 Å². The molecule has 2 aromatic rings. The lowest BCUT2D eigenvalue weighted by molar-refractivity contribution is 0.545. The molecule has 0 saturated heterocycles. The molecule has 0 radical (unpaired) electrons. The summed E-state index contributed by atoms with van der Waals surface area (Å²) in [5, 5.41) is 4.41. The standard InChI is InChI=1S/C15H16BrCl2N3/c1-8-12(18)20-14(15(2,3)4)21-13(8)19-11-6-5-9(17)7-10(11)16/h5-7H,1-4H3,(H,19,20,21). The van der Waals surface area contributed by atoms with Crippen LogP contribution in [0.5, 0.6) is 0 Å². The van der Waals surface area contributed by atoms with E-state index < -0.39 is 0 Å². The van der Waals surface area contributed by atoms with Crippen LogP contribution in [-0.2, 0) is 5.41 Å². The molecule has 1 heterocycles. The maximum atomic E-state index is 6.23. The predicted octanol–water partition coefficient (Wildman–Crippen LogP) is 5.90. The molecule has 0 spiro atoms. The Morgan fingerprint density at radius 3 is 2.38 bits per heavy atom. The zero-order valence-corrected chi connectivity index (χ0v) is 15.4. The molecule has 1 aromatic heterocycles. The fourth-order valence-corrected chi connectivity index (χ4v) is 2.62. The van der Waals surface area contributed by atoms with Crippen molar-refractivity contribution in [2.75, 3.05) is 5.32 Å². The fourth-order valence-electron chi connectivity index (χ4n) is 1.66. The highest BCUT2D eigenvalue weighted by Crippen LogP contribution is 2.32. The second-order valence-electron chi connectivity index (χ2n) is 5.81. The highest BCUT2D eigenvalue weighted by atomic mass is 79.9. The quantitative estimate of drug-likeness (QED) is 0.651. The van der Waals surface area contributed by atoms with E-state index in [9.17, 15) is 0 Å². The van der Waals surface area contributed by atoms with Gasteiger partial charge in [-0.25, -0.2) is 9.97 Å². The van der Waals surface area contributed by atoms with Crippen LogP contribution in [0.3, 0.4) is 0 Å². The van der Waals surface area contributed by atoms with Gasteiger partial charge >= 0.3 is 0 Å². The van der Waals surface area contributed by atoms with Crippen LogP contribution >= 0.6 is 39.1 Å². The summed E-state index contributed by atoms with van der Waals surface area (Å²) in [7, 11) is 0. The molecule has 0 amide bonds. The van der Waals surface area contributed by atoms with Crippen molar-refractivity contribution in [2.45, 2.75) is 33.1 Å². The Morgan fingerprint density at radius 1 is 1.14 bits per heavy atom. The molecule has 0 aliphatic carbocycles. The normalized spacial score (nSPS) is 11.6. The fraction of sp³-hybridized carbons (Fsp3) is 0.333. The Hall–Kier alpha value is -0.840. The van der Waals surface area contributed by atoms with Gasteiger partial charge < -0.3 is 5.32 Å². The topological polar surface area (TPSA) is 37.8 Å². The minimum atomic E-state index is -0.176. The van der Waals surface area contributed by atoms with Crippen LogP contribution < -0.4 is 5.32 Å². The van der Waals surface area contributed by atoms with Crippen LogP contribution in [0.25, 0.3) is 0 Å². The summed E-state index contributed by atoms with van der Waals surface area (Å²) in [6, 6.07) is 5.53. The van der Waals surface area contributed by atoms with Gasteiger partial charge in [-0.05, 0) is 41.1 Å². The van der Waals surface area contributed by atoms with Gasteiger partial charge in [-0.1, -0.05) is 44.0 Å². The minimum Gasteiger partial charge on any atom is -0.339 e. The van der Waals surface area contributed by atoms with Gasteiger partial charge in [0.2, 0.25) is 0 Å². The molecule has 0 aliphatic heterocycles. The van der Waals surface area contributed by atoms with Crippen molar-refractivity contribution < 1.29 is 0 Å². The summed E-state index contributed by atoms with van der Waals surface area (Å²) >= 11 is 15.7. The van der Waals surface area contributed by atoms with E-state index in [0.717, 1.165) is 15.7 Å². The van der Waals surface area contributed by atoms with Crippen molar-refractivity contribution in [3.05, 3.63) is 44.2 Å². The maximum Gasteiger partial charge on any atom is 0.138 e. The van der Waals surface area contributed by atoms with Crippen molar-refractivity contribution in [1.82, 2.24) is 9.97 Å². The molecule has 1 aromatic carbocycles. The van der Waals surface area contributed by atoms with E-state index >= 15 is 0 Å². The number of halogens is 3. The second kappa shape index (κ2) is 6.11. The first-order chi connectivity index (χ1) is 9.68. The van der Waals surface area contributed by atoms with Crippen molar-refractivity contribution in [3.8, 4) is 0 Å². The number of benzene rings is 1. The van der Waals surface area contributed by atoms with Gasteiger partial charge in [-0.2, -0.15) is 0 Å². The first-order valence-electron chi connectivity index (χ1n) is 6.45. The van der Waals surface area contributed by atoms with Crippen molar-refractivity contribution >= 4 is 50.6 Å². The molecule has 3 nitrogen and oxygen atoms in total. The van der Waals surface area contributed by atoms with Crippen LogP contribution in [0.15, 0.2) is 22.7 Å². The van der Waals surface area contributed by atoms with Crippen LogP contribution in [0, 0.1) is 6.92 Å². The summed E-state index contributed by atoms with van der Waals surface area (Å²) in [5.41, 5.74) is 1.51. The Kier molecular flexibility index (Phi) is 4.81. The molecular weight excluding hydrogens is 373 g/mol. The molecule has 112 valence electrons. The Balaban J connectivity index is 2.46. The summed E-state index contributed by atoms with van der Waals surface area (Å²) in [6.07, 6.45) is 0. The third-order valence-corrected chi connectivity index (χ3v) is 4.20. The van der Waals surface area contributed by atoms with Crippen LogP contribution in [-0.4, -0.2) is 9.97 Å². The third kappa shape index (κ3) is 3.87. The van der Waals surface area contributed by atoms with Gasteiger partial charge in [-0.15, -0.1) is 0 Å². The molecule has 21 heavy (non-hydrogen) atoms. The van der Waals surface area contributed by atoms with E-state index in [1.165, 1.54) is 0 Å². The average Bonchev–Trinajstić information content (AvgIpc) is 2.36. The van der Waals surface area contributed by atoms with Gasteiger partial charge in [0.05, 0.1) is 5.69 Å². The Morgan fingerprint density at radius 2 is 1.81 bits per heavy atom. The average molecular weight is 389 g/mol. The van der Waals surface area contributed by atoms with Crippen LogP contribution in [0.4, 0.5) is 11.5 Å². The number of aromatic nitrogens is 2. The number of hydrogen-bond donors (Lipinski definition) is 1. The lowest BCUT2D eigenvalue weighted by atomic mass is 9.95. The van der Waals surface area contributed by atoms with Gasteiger partial charge in [0.15, 0.2) is 0 Å². The Bertz CT molecular complexity index is 681. The van der Waals surface area contributed by atoms with E-state index in [1.807, 2.05) is 25.1 Å². The maximum absolute atomic E-state index is 6.23. The number of nitrogens with zero attached hydrogens (tertiary/aromatic N) is 2. The van der Waals surface area contributed by atoms with E-state index in [2.05, 4.69) is 52.0 Å². The monoisotopic (exact) mass is 387 g/mol. The predicted molar refractivity (Wildman–Crippen MR) is 92.9 cm³/mol. The minimum absolute atomic E-state index is 0.176. The van der Waals surface area contributed by atoms with Gasteiger partial charge in [0, 0.05) is 20.5 Å². The SMILES string of the molecule is Cc1c(Cl)nc(C(C)(C)C)nc1Nc1ccc(Cl)cc1Br. The summed E-state index contributed by atoms with van der Waals surface area (Å²) in [6.45, 7) is 8.04. The number of rotatable bonds is 2. The largest absolute Gasteiger partial charge is 0.339 e. The summed E-state index contributed by atoms with van der Waals surface area (Å²) in [5.74, 6) is 1.40. The lowest BCUT2D eigenvalue weighted by Gasteiger charge is -2.19. The molecule has 0 bridgehead atoms. The number of anilines is 2. The number of nitrogens with one attached hydrogen (secondary N) is 1. The molecule has 0 aliphatic rings. The van der Waals surface area contributed by atoms with Crippen LogP contribution in [0.1, 0.15) is 32.2 Å². The van der Waals surface area contributed by atoms with Crippen molar-refractivity contribution in [2.24, 2.45) is 0 Å². The van der Waals surface area contributed by atoms with Crippen molar-refractivity contribution in [3.63, 3.8) is 0 Å². The van der Waals surface area contributed by atoms with E-state index in [1.54, 1.807) is 0 Å². The molecule has 1 N–H and O–H groups in total. The number of hydrogen-bond acceptors (Lipinski definition) is 3. The second-order valence-corrected chi connectivity index (χ2v) is 7.46. The molecule has 0 saturated carbocycles. The summed E-state index contributed by atoms with van der Waals surface area (Å²) in [4.78, 5) is 8.97. The molecule has 2 rings (SSSR count). The van der Waals surface area contributed by atoms with E-state index in [-0.39, 0.29) is 5.41 Å². The zero-order chi connectivity index (χ0) is 15.8. The lowest BCUT2D eigenvalue weighted by Crippen LogP contribution is -2.17. The zero-order valence-electron chi connectivity index (χ0n) is 12.3. The highest BCUT2D eigenvalue weighted by molar-refractivity contribution is 9.10. The van der Waals surface area contributed by atoms with Gasteiger partial charge in [0.25, 0.3) is 0 Å². The highest BCUT2D eigenvalue weighted by Gasteiger charge is 2.21. The molecule has 0 unspecified atom stereocenters. The molecular formula is C15H16BrCl2N3. The van der Waals surface area contributed by atoms with Crippen molar-refractivity contribution in [1.29, 1.82) is 0 Å². The van der Waals surface area contributed by atoms with E-state index in [4.69, 9.17) is 23.2 Å². The first kappa shape index (κ1) is 16.5. The van der Waals surface area contributed by atoms with Gasteiger partial charge in [0.1, 0.15) is 16.8 Å². The van der Waals surface area contributed by atoms with E-state index in [0.29, 0.717) is 21.8 Å². The molecule has 0 fully saturated rings. The van der Waals surface area contributed by atoms with Crippen LogP contribution in [0.2, 0.25) is 10.2 Å².